The van der Waals surface area contributed by atoms with E-state index in [-0.39, 0.29) is 22.8 Å². The second-order valence-corrected chi connectivity index (χ2v) is 9.83. The molecule has 2 atom stereocenters. The van der Waals surface area contributed by atoms with E-state index in [1.807, 2.05) is 12.1 Å². The number of halogens is 1. The summed E-state index contributed by atoms with van der Waals surface area (Å²) < 4.78 is 23.1. The highest BCUT2D eigenvalue weighted by atomic mass is 35.5. The average molecular weight is 433 g/mol. The van der Waals surface area contributed by atoms with Crippen molar-refractivity contribution >= 4 is 44.1 Å². The average Bonchev–Trinajstić information content (AvgIpc) is 3.10. The molecule has 0 saturated heterocycles. The van der Waals surface area contributed by atoms with Gasteiger partial charge in [0.05, 0.1) is 22.9 Å². The third kappa shape index (κ3) is 4.28. The summed E-state index contributed by atoms with van der Waals surface area (Å²) in [5.41, 5.74) is 2.16. The lowest BCUT2D eigenvalue weighted by Gasteiger charge is -2.29. The second-order valence-electron chi connectivity index (χ2n) is 7.43. The summed E-state index contributed by atoms with van der Waals surface area (Å²) in [6.45, 7) is 0. The Kier molecular flexibility index (Phi) is 5.31. The van der Waals surface area contributed by atoms with Crippen molar-refractivity contribution in [2.45, 2.75) is 36.6 Å². The van der Waals surface area contributed by atoms with Crippen molar-refractivity contribution < 1.29 is 13.2 Å². The standard InChI is InChI=1S/C20H21ClN4O3S/c1-29(27,28)18-9-7-13(11-22-18)23-20(26)15-5-3-2-4-14(15)19-24-16-8-6-12(21)10-17(16)25-19/h6-11,14-15H,2-5H2,1H3,(H,23,26)(H,24,25)/t14-,15+/m0/s1. The molecule has 1 aromatic carbocycles. The van der Waals surface area contributed by atoms with E-state index in [4.69, 9.17) is 11.6 Å². The Morgan fingerprint density at radius 3 is 2.72 bits per heavy atom. The van der Waals surface area contributed by atoms with Gasteiger partial charge in [0.25, 0.3) is 0 Å². The van der Waals surface area contributed by atoms with E-state index in [2.05, 4.69) is 20.3 Å². The largest absolute Gasteiger partial charge is 0.342 e. The lowest BCUT2D eigenvalue weighted by atomic mass is 9.78. The quantitative estimate of drug-likeness (QED) is 0.649. The SMILES string of the molecule is CS(=O)(=O)c1ccc(NC(=O)[C@@H]2CCCC[C@@H]2c2nc3ccc(Cl)cc3[nH]2)cn1. The Balaban J connectivity index is 1.55. The molecule has 1 amide bonds. The van der Waals surface area contributed by atoms with Crippen LogP contribution in [0.1, 0.15) is 37.4 Å². The molecule has 4 rings (SSSR count). The van der Waals surface area contributed by atoms with Gasteiger partial charge in [0, 0.05) is 23.1 Å². The molecule has 7 nitrogen and oxygen atoms in total. The number of imidazole rings is 1. The molecular weight excluding hydrogens is 412 g/mol. The van der Waals surface area contributed by atoms with E-state index in [9.17, 15) is 13.2 Å². The minimum absolute atomic E-state index is 0.0156. The van der Waals surface area contributed by atoms with Crippen LogP contribution in [-0.4, -0.2) is 35.5 Å². The topological polar surface area (TPSA) is 105 Å². The van der Waals surface area contributed by atoms with Gasteiger partial charge in [-0.2, -0.15) is 0 Å². The first-order valence-electron chi connectivity index (χ1n) is 9.43. The fraction of sp³-hybridized carbons (Fsp3) is 0.350. The summed E-state index contributed by atoms with van der Waals surface area (Å²) in [5, 5.41) is 3.49. The minimum Gasteiger partial charge on any atom is -0.342 e. The maximum Gasteiger partial charge on any atom is 0.228 e. The van der Waals surface area contributed by atoms with E-state index < -0.39 is 9.84 Å². The number of nitrogens with zero attached hydrogens (tertiary/aromatic N) is 2. The molecular formula is C20H21ClN4O3S. The Hall–Kier alpha value is -2.45. The number of aromatic nitrogens is 3. The van der Waals surface area contributed by atoms with Crippen molar-refractivity contribution in [1.82, 2.24) is 15.0 Å². The molecule has 1 aliphatic rings. The number of hydrogen-bond donors (Lipinski definition) is 2. The van der Waals surface area contributed by atoms with E-state index in [0.29, 0.717) is 10.7 Å². The van der Waals surface area contributed by atoms with Crippen molar-refractivity contribution in [2.75, 3.05) is 11.6 Å². The molecule has 0 unspecified atom stereocenters. The van der Waals surface area contributed by atoms with E-state index in [0.717, 1.165) is 48.8 Å². The zero-order valence-electron chi connectivity index (χ0n) is 15.9. The third-order valence-corrected chi connectivity index (χ3v) is 6.54. The van der Waals surface area contributed by atoms with Gasteiger partial charge >= 0.3 is 0 Å². The number of benzene rings is 1. The fourth-order valence-electron chi connectivity index (χ4n) is 3.86. The molecule has 29 heavy (non-hydrogen) atoms. The highest BCUT2D eigenvalue weighted by molar-refractivity contribution is 7.90. The number of carbonyl (C=O) groups is 1. The second kappa shape index (κ2) is 7.76. The molecule has 0 bridgehead atoms. The Morgan fingerprint density at radius 1 is 1.21 bits per heavy atom. The summed E-state index contributed by atoms with van der Waals surface area (Å²) >= 11 is 6.07. The number of carbonyl (C=O) groups excluding carboxylic acids is 1. The van der Waals surface area contributed by atoms with E-state index in [1.54, 1.807) is 12.1 Å². The number of hydrogen-bond acceptors (Lipinski definition) is 5. The van der Waals surface area contributed by atoms with Crippen LogP contribution >= 0.6 is 11.6 Å². The van der Waals surface area contributed by atoms with Crippen LogP contribution in [0.15, 0.2) is 41.6 Å². The maximum absolute atomic E-state index is 13.0. The minimum atomic E-state index is -3.37. The van der Waals surface area contributed by atoms with Crippen LogP contribution in [0.3, 0.4) is 0 Å². The number of pyridine rings is 1. The summed E-state index contributed by atoms with van der Waals surface area (Å²) in [6.07, 6.45) is 6.12. The predicted octanol–water partition coefficient (Wildman–Crippen LogP) is 3.93. The molecule has 0 radical (unpaired) electrons. The van der Waals surface area contributed by atoms with E-state index >= 15 is 0 Å². The predicted molar refractivity (Wildman–Crippen MR) is 112 cm³/mol. The van der Waals surface area contributed by atoms with Gasteiger partial charge in [-0.05, 0) is 43.2 Å². The first kappa shape index (κ1) is 19.8. The van der Waals surface area contributed by atoms with Crippen molar-refractivity contribution in [3.63, 3.8) is 0 Å². The van der Waals surface area contributed by atoms with Crippen LogP contribution in [0.4, 0.5) is 5.69 Å². The molecule has 1 aliphatic carbocycles. The molecule has 2 N–H and O–H groups in total. The van der Waals surface area contributed by atoms with Gasteiger partial charge in [-0.25, -0.2) is 18.4 Å². The molecule has 2 heterocycles. The molecule has 1 saturated carbocycles. The van der Waals surface area contributed by atoms with Crippen molar-refractivity contribution in [3.8, 4) is 0 Å². The lowest BCUT2D eigenvalue weighted by molar-refractivity contribution is -0.121. The van der Waals surface area contributed by atoms with Gasteiger partial charge in [-0.15, -0.1) is 0 Å². The fourth-order valence-corrected chi connectivity index (χ4v) is 4.59. The van der Waals surface area contributed by atoms with Crippen LogP contribution in [0.25, 0.3) is 11.0 Å². The summed E-state index contributed by atoms with van der Waals surface area (Å²) in [7, 11) is -3.37. The zero-order valence-corrected chi connectivity index (χ0v) is 17.4. The van der Waals surface area contributed by atoms with Crippen molar-refractivity contribution in [3.05, 3.63) is 47.4 Å². The Morgan fingerprint density at radius 2 is 2.00 bits per heavy atom. The van der Waals surface area contributed by atoms with Gasteiger partial charge in [-0.3, -0.25) is 4.79 Å². The molecule has 3 aromatic rings. The van der Waals surface area contributed by atoms with Gasteiger partial charge in [0.15, 0.2) is 14.9 Å². The highest BCUT2D eigenvalue weighted by Crippen LogP contribution is 2.38. The number of H-pyrrole nitrogens is 1. The number of nitrogens with one attached hydrogen (secondary N) is 2. The first-order chi connectivity index (χ1) is 13.8. The van der Waals surface area contributed by atoms with Gasteiger partial charge in [0.1, 0.15) is 5.82 Å². The van der Waals surface area contributed by atoms with Crippen LogP contribution in [0.5, 0.6) is 0 Å². The van der Waals surface area contributed by atoms with E-state index in [1.165, 1.54) is 12.3 Å². The van der Waals surface area contributed by atoms with Crippen LogP contribution in [-0.2, 0) is 14.6 Å². The molecule has 152 valence electrons. The molecule has 9 heteroatoms. The van der Waals surface area contributed by atoms with Crippen LogP contribution in [0, 0.1) is 5.92 Å². The van der Waals surface area contributed by atoms with Crippen LogP contribution < -0.4 is 5.32 Å². The lowest BCUT2D eigenvalue weighted by Crippen LogP contribution is -2.31. The van der Waals surface area contributed by atoms with Crippen LogP contribution in [0.2, 0.25) is 5.02 Å². The number of rotatable bonds is 4. The summed E-state index contributed by atoms with van der Waals surface area (Å²) in [5.74, 6) is 0.447. The Bertz CT molecular complexity index is 1160. The number of fused-ring (bicyclic) bond motifs is 1. The number of amides is 1. The van der Waals surface area contributed by atoms with Gasteiger partial charge in [-0.1, -0.05) is 24.4 Å². The summed E-state index contributed by atoms with van der Waals surface area (Å²) in [6, 6.07) is 8.45. The number of sulfone groups is 1. The number of aromatic amines is 1. The maximum atomic E-state index is 13.0. The normalized spacial score (nSPS) is 19.9. The molecule has 0 spiro atoms. The smallest absolute Gasteiger partial charge is 0.228 e. The number of anilines is 1. The molecule has 1 fully saturated rings. The molecule has 0 aliphatic heterocycles. The third-order valence-electron chi connectivity index (χ3n) is 5.30. The van der Waals surface area contributed by atoms with Gasteiger partial charge < -0.3 is 10.3 Å². The van der Waals surface area contributed by atoms with Crippen molar-refractivity contribution in [2.24, 2.45) is 5.92 Å². The zero-order chi connectivity index (χ0) is 20.6. The monoisotopic (exact) mass is 432 g/mol. The molecule has 2 aromatic heterocycles. The van der Waals surface area contributed by atoms with Crippen molar-refractivity contribution in [1.29, 1.82) is 0 Å². The Labute approximate surface area is 173 Å². The highest BCUT2D eigenvalue weighted by Gasteiger charge is 2.34. The first-order valence-corrected chi connectivity index (χ1v) is 11.7. The van der Waals surface area contributed by atoms with Gasteiger partial charge in [0.2, 0.25) is 5.91 Å². The summed E-state index contributed by atoms with van der Waals surface area (Å²) in [4.78, 5) is 24.9.